The number of aromatic amines is 2. The molecule has 0 fully saturated rings. The Bertz CT molecular complexity index is 1510. The third-order valence-corrected chi connectivity index (χ3v) is 5.89. The van der Waals surface area contributed by atoms with Gasteiger partial charge in [0.25, 0.3) is 0 Å². The van der Waals surface area contributed by atoms with Crippen LogP contribution in [0.3, 0.4) is 0 Å². The van der Waals surface area contributed by atoms with Gasteiger partial charge < -0.3 is 10.2 Å². The molecule has 0 spiro atoms. The van der Waals surface area contributed by atoms with Crippen LogP contribution in [0, 0.1) is 0 Å². The highest BCUT2D eigenvalue weighted by molar-refractivity contribution is 5.96. The molecular formula is C25H18N6O2. The quantitative estimate of drug-likeness (QED) is 0.322. The fraction of sp³-hybridized carbons (Fsp3) is 0.0400. The van der Waals surface area contributed by atoms with Crippen molar-refractivity contribution in [2.75, 3.05) is 0 Å². The molecule has 6 rings (SSSR count). The summed E-state index contributed by atoms with van der Waals surface area (Å²) in [6, 6.07) is 22.3. The Labute approximate surface area is 187 Å². The van der Waals surface area contributed by atoms with Gasteiger partial charge in [0.2, 0.25) is 0 Å². The molecule has 0 saturated carbocycles. The lowest BCUT2D eigenvalue weighted by Gasteiger charge is -2.16. The maximum Gasteiger partial charge on any atom is 0.123 e. The highest BCUT2D eigenvalue weighted by Crippen LogP contribution is 2.40. The monoisotopic (exact) mass is 434 g/mol. The molecule has 0 bridgehead atoms. The first kappa shape index (κ1) is 19.0. The van der Waals surface area contributed by atoms with Crippen molar-refractivity contribution < 1.29 is 10.2 Å². The first-order chi connectivity index (χ1) is 16.2. The van der Waals surface area contributed by atoms with Gasteiger partial charge in [-0.2, -0.15) is 0 Å². The van der Waals surface area contributed by atoms with Crippen LogP contribution >= 0.6 is 0 Å². The van der Waals surface area contributed by atoms with Crippen LogP contribution in [0.4, 0.5) is 0 Å². The van der Waals surface area contributed by atoms with E-state index in [-0.39, 0.29) is 11.5 Å². The van der Waals surface area contributed by atoms with E-state index >= 15 is 0 Å². The summed E-state index contributed by atoms with van der Waals surface area (Å²) >= 11 is 0. The number of aromatic nitrogens is 6. The number of aromatic hydroxyl groups is 2. The molecule has 8 nitrogen and oxygen atoms in total. The van der Waals surface area contributed by atoms with E-state index in [0.29, 0.717) is 28.6 Å². The number of nitrogens with one attached hydrogen (secondary N) is 2. The predicted octanol–water partition coefficient (Wildman–Crippen LogP) is 4.57. The molecule has 0 aliphatic rings. The van der Waals surface area contributed by atoms with Gasteiger partial charge in [-0.15, -0.1) is 10.2 Å². The van der Waals surface area contributed by atoms with E-state index in [1.165, 1.54) is 0 Å². The molecule has 0 aliphatic carbocycles. The molecule has 0 saturated heterocycles. The second-order valence-corrected chi connectivity index (χ2v) is 7.83. The Morgan fingerprint density at radius 3 is 1.52 bits per heavy atom. The number of phenols is 2. The fourth-order valence-corrected chi connectivity index (χ4v) is 4.44. The number of nitrogens with zero attached hydrogens (tertiary/aromatic N) is 4. The number of fused-ring (bicyclic) bond motifs is 2. The van der Waals surface area contributed by atoms with Gasteiger partial charge in [-0.05, 0) is 41.8 Å². The summed E-state index contributed by atoms with van der Waals surface area (Å²) in [6.45, 7) is 0. The van der Waals surface area contributed by atoms with Crippen LogP contribution in [0.2, 0.25) is 0 Å². The number of hydrogen-bond acceptors (Lipinski definition) is 6. The molecule has 4 aromatic carbocycles. The van der Waals surface area contributed by atoms with E-state index in [0.717, 1.165) is 33.3 Å². The van der Waals surface area contributed by atoms with Crippen molar-refractivity contribution in [2.45, 2.75) is 6.42 Å². The molecule has 6 aromatic rings. The summed E-state index contributed by atoms with van der Waals surface area (Å²) in [6.07, 6.45) is 0.468. The van der Waals surface area contributed by atoms with Crippen LogP contribution < -0.4 is 0 Å². The smallest absolute Gasteiger partial charge is 0.123 e. The first-order valence-corrected chi connectivity index (χ1v) is 10.4. The van der Waals surface area contributed by atoms with E-state index in [4.69, 9.17) is 0 Å². The van der Waals surface area contributed by atoms with Crippen molar-refractivity contribution >= 4 is 22.1 Å². The second-order valence-electron chi connectivity index (χ2n) is 7.83. The normalized spacial score (nSPS) is 11.4. The minimum absolute atomic E-state index is 0.156. The number of hydrogen-bond donors (Lipinski definition) is 4. The van der Waals surface area contributed by atoms with Crippen molar-refractivity contribution in [3.8, 4) is 33.8 Å². The Morgan fingerprint density at radius 1 is 0.576 bits per heavy atom. The molecule has 0 atom stereocenters. The molecule has 2 aromatic heterocycles. The van der Waals surface area contributed by atoms with E-state index in [1.54, 1.807) is 12.1 Å². The molecule has 160 valence electrons. The van der Waals surface area contributed by atoms with Crippen molar-refractivity contribution in [3.05, 3.63) is 83.9 Å². The topological polar surface area (TPSA) is 124 Å². The lowest BCUT2D eigenvalue weighted by molar-refractivity contribution is 0.476. The average Bonchev–Trinajstić information content (AvgIpc) is 3.49. The average molecular weight is 434 g/mol. The highest BCUT2D eigenvalue weighted by Gasteiger charge is 2.19. The van der Waals surface area contributed by atoms with Gasteiger partial charge in [-0.25, -0.2) is 0 Å². The van der Waals surface area contributed by atoms with E-state index < -0.39 is 0 Å². The Hall–Kier alpha value is -4.72. The Balaban J connectivity index is 1.54. The second kappa shape index (κ2) is 7.45. The van der Waals surface area contributed by atoms with Crippen molar-refractivity contribution in [1.29, 1.82) is 0 Å². The maximum absolute atomic E-state index is 10.8. The lowest BCUT2D eigenvalue weighted by Crippen LogP contribution is -1.97. The molecule has 0 radical (unpaired) electrons. The minimum atomic E-state index is 0.156. The third kappa shape index (κ3) is 3.08. The van der Waals surface area contributed by atoms with Gasteiger partial charge in [0.15, 0.2) is 0 Å². The molecule has 4 N–H and O–H groups in total. The summed E-state index contributed by atoms with van der Waals surface area (Å²) in [4.78, 5) is 0. The van der Waals surface area contributed by atoms with Gasteiger partial charge in [-0.3, -0.25) is 10.2 Å². The number of benzene rings is 4. The van der Waals surface area contributed by atoms with Crippen LogP contribution in [0.25, 0.3) is 44.3 Å². The summed E-state index contributed by atoms with van der Waals surface area (Å²) < 4.78 is 0. The Kier molecular flexibility index (Phi) is 4.29. The van der Waals surface area contributed by atoms with Crippen LogP contribution in [0.5, 0.6) is 11.5 Å². The fourth-order valence-electron chi connectivity index (χ4n) is 4.44. The number of rotatable bonds is 4. The first-order valence-electron chi connectivity index (χ1n) is 10.4. The van der Waals surface area contributed by atoms with Crippen LogP contribution in [-0.2, 0) is 6.42 Å². The van der Waals surface area contributed by atoms with E-state index in [2.05, 4.69) is 30.8 Å². The van der Waals surface area contributed by atoms with Crippen molar-refractivity contribution in [2.24, 2.45) is 0 Å². The van der Waals surface area contributed by atoms with Crippen LogP contribution in [0.15, 0.2) is 72.8 Å². The Morgan fingerprint density at radius 2 is 1.03 bits per heavy atom. The van der Waals surface area contributed by atoms with E-state index in [1.807, 2.05) is 60.7 Å². The maximum atomic E-state index is 10.8. The predicted molar refractivity (Wildman–Crippen MR) is 125 cm³/mol. The zero-order chi connectivity index (χ0) is 22.4. The zero-order valence-electron chi connectivity index (χ0n) is 17.3. The van der Waals surface area contributed by atoms with Gasteiger partial charge in [0.1, 0.15) is 22.5 Å². The van der Waals surface area contributed by atoms with Crippen LogP contribution in [-0.4, -0.2) is 41.0 Å². The minimum Gasteiger partial charge on any atom is -0.507 e. The third-order valence-electron chi connectivity index (χ3n) is 5.89. The van der Waals surface area contributed by atoms with Gasteiger partial charge in [-0.1, -0.05) is 59.0 Å². The molecule has 0 amide bonds. The number of phenolic OH excluding ortho intramolecular Hbond substituents is 2. The standard InChI is InChI=1S/C25H18N6O2/c32-20-11-1-5-14(22(20)16-7-3-9-18-24(16)28-30-26-18)13-15-6-2-12-21(33)23(15)17-8-4-10-19-25(17)29-31-27-19/h1-12,32-33H,13H2,(H,26,28,30)(H,27,29,31). The highest BCUT2D eigenvalue weighted by atomic mass is 16.3. The molecular weight excluding hydrogens is 416 g/mol. The van der Waals surface area contributed by atoms with Gasteiger partial charge >= 0.3 is 0 Å². The van der Waals surface area contributed by atoms with Crippen molar-refractivity contribution in [1.82, 2.24) is 30.8 Å². The van der Waals surface area contributed by atoms with Crippen LogP contribution in [0.1, 0.15) is 11.1 Å². The van der Waals surface area contributed by atoms with Gasteiger partial charge in [0, 0.05) is 22.3 Å². The van der Waals surface area contributed by atoms with Gasteiger partial charge in [0.05, 0.1) is 11.0 Å². The summed E-state index contributed by atoms with van der Waals surface area (Å²) in [5.41, 5.74) is 7.68. The largest absolute Gasteiger partial charge is 0.507 e. The lowest BCUT2D eigenvalue weighted by atomic mass is 9.89. The summed E-state index contributed by atoms with van der Waals surface area (Å²) in [7, 11) is 0. The van der Waals surface area contributed by atoms with E-state index in [9.17, 15) is 10.2 Å². The summed E-state index contributed by atoms with van der Waals surface area (Å²) in [5.74, 6) is 0.312. The molecule has 33 heavy (non-hydrogen) atoms. The zero-order valence-corrected chi connectivity index (χ0v) is 17.3. The summed E-state index contributed by atoms with van der Waals surface area (Å²) in [5, 5.41) is 43.7. The molecule has 8 heteroatoms. The molecule has 0 aliphatic heterocycles. The molecule has 0 unspecified atom stereocenters. The number of H-pyrrole nitrogens is 2. The molecule has 2 heterocycles. The van der Waals surface area contributed by atoms with Crippen molar-refractivity contribution in [3.63, 3.8) is 0 Å². The SMILES string of the molecule is Oc1cccc(Cc2cccc(O)c2-c2cccc3[nH]nnc23)c1-c1cccc2[nH]nnc12.